The van der Waals surface area contributed by atoms with Crippen LogP contribution in [0.25, 0.3) is 11.0 Å². The third-order valence-electron chi connectivity index (χ3n) is 5.55. The van der Waals surface area contributed by atoms with Gasteiger partial charge in [-0.15, -0.1) is 0 Å². The molecule has 1 atom stereocenters. The Morgan fingerprint density at radius 1 is 1.09 bits per heavy atom. The smallest absolute Gasteiger partial charge is 0.336 e. The third-order valence-corrected chi connectivity index (χ3v) is 7.04. The zero-order valence-corrected chi connectivity index (χ0v) is 20.1. The summed E-state index contributed by atoms with van der Waals surface area (Å²) in [6, 6.07) is 10.2. The van der Waals surface area contributed by atoms with Crippen molar-refractivity contribution in [1.82, 2.24) is 4.72 Å². The lowest BCUT2D eigenvalue weighted by molar-refractivity contribution is -0.136. The SMILES string of the molecule is CCCCC(NS(=O)(=O)c1ccc(C)cc1)C(=O)Oc1ccc2c(CC)cc(=O)oc2c1C. The number of aryl methyl sites for hydroxylation is 3. The first-order chi connectivity index (χ1) is 15.7. The van der Waals surface area contributed by atoms with Crippen molar-refractivity contribution in [2.45, 2.75) is 64.3 Å². The average molecular weight is 472 g/mol. The molecule has 7 nitrogen and oxygen atoms in total. The summed E-state index contributed by atoms with van der Waals surface area (Å²) in [5, 5.41) is 0.775. The number of esters is 1. The molecule has 0 amide bonds. The number of fused-ring (bicyclic) bond motifs is 1. The van der Waals surface area contributed by atoms with Crippen LogP contribution in [0.4, 0.5) is 0 Å². The summed E-state index contributed by atoms with van der Waals surface area (Å²) in [4.78, 5) is 25.0. The van der Waals surface area contributed by atoms with Crippen LogP contribution < -0.4 is 15.1 Å². The van der Waals surface area contributed by atoms with Crippen molar-refractivity contribution in [2.75, 3.05) is 0 Å². The molecule has 2 aromatic carbocycles. The van der Waals surface area contributed by atoms with Gasteiger partial charge in [-0.25, -0.2) is 18.0 Å². The Hall–Kier alpha value is -2.97. The number of ether oxygens (including phenoxy) is 1. The van der Waals surface area contributed by atoms with Gasteiger partial charge in [-0.2, -0.15) is 4.72 Å². The molecule has 0 aliphatic heterocycles. The third kappa shape index (κ3) is 5.69. The van der Waals surface area contributed by atoms with Crippen LogP contribution in [0.15, 0.2) is 56.6 Å². The van der Waals surface area contributed by atoms with Crippen LogP contribution in [0.1, 0.15) is 49.8 Å². The van der Waals surface area contributed by atoms with Crippen LogP contribution in [-0.4, -0.2) is 20.4 Å². The van der Waals surface area contributed by atoms with E-state index in [0.717, 1.165) is 22.9 Å². The van der Waals surface area contributed by atoms with Crippen LogP contribution in [0.3, 0.4) is 0 Å². The fourth-order valence-electron chi connectivity index (χ4n) is 3.60. The molecule has 1 aromatic heterocycles. The Bertz CT molecular complexity index is 1310. The molecule has 0 saturated carbocycles. The molecule has 0 aliphatic carbocycles. The van der Waals surface area contributed by atoms with Crippen molar-refractivity contribution in [3.8, 4) is 5.75 Å². The maximum Gasteiger partial charge on any atom is 0.336 e. The summed E-state index contributed by atoms with van der Waals surface area (Å²) in [6.45, 7) is 7.46. The number of carbonyl (C=O) groups excluding carboxylic acids is 1. The van der Waals surface area contributed by atoms with Gasteiger partial charge in [0.1, 0.15) is 17.4 Å². The summed E-state index contributed by atoms with van der Waals surface area (Å²) in [5.41, 5.74) is 2.16. The zero-order valence-electron chi connectivity index (χ0n) is 19.3. The second-order valence-electron chi connectivity index (χ2n) is 8.06. The van der Waals surface area contributed by atoms with E-state index in [1.807, 2.05) is 20.8 Å². The van der Waals surface area contributed by atoms with Gasteiger partial charge in [0.15, 0.2) is 0 Å². The van der Waals surface area contributed by atoms with E-state index in [1.54, 1.807) is 31.2 Å². The highest BCUT2D eigenvalue weighted by Crippen LogP contribution is 2.29. The number of hydrogen-bond donors (Lipinski definition) is 1. The number of rotatable bonds is 9. The molecular formula is C25H29NO6S. The van der Waals surface area contributed by atoms with E-state index in [2.05, 4.69) is 4.72 Å². The van der Waals surface area contributed by atoms with Crippen molar-refractivity contribution in [2.24, 2.45) is 0 Å². The van der Waals surface area contributed by atoms with Gasteiger partial charge in [0.2, 0.25) is 10.0 Å². The molecule has 1 heterocycles. The number of sulfonamides is 1. The predicted octanol–water partition coefficient (Wildman–Crippen LogP) is 4.41. The van der Waals surface area contributed by atoms with Gasteiger partial charge in [0.05, 0.1) is 4.90 Å². The fourth-order valence-corrected chi connectivity index (χ4v) is 4.82. The zero-order chi connectivity index (χ0) is 24.2. The summed E-state index contributed by atoms with van der Waals surface area (Å²) >= 11 is 0. The predicted molar refractivity (Wildman–Crippen MR) is 127 cm³/mol. The summed E-state index contributed by atoms with van der Waals surface area (Å²) < 4.78 is 39.2. The second kappa shape index (κ2) is 10.3. The van der Waals surface area contributed by atoms with Crippen molar-refractivity contribution in [3.05, 3.63) is 69.6 Å². The highest BCUT2D eigenvalue weighted by molar-refractivity contribution is 7.89. The van der Waals surface area contributed by atoms with Gasteiger partial charge in [-0.1, -0.05) is 44.4 Å². The van der Waals surface area contributed by atoms with Gasteiger partial charge in [-0.05, 0) is 56.5 Å². The number of nitrogens with one attached hydrogen (secondary N) is 1. The molecule has 176 valence electrons. The molecule has 0 bridgehead atoms. The second-order valence-corrected chi connectivity index (χ2v) is 9.77. The lowest BCUT2D eigenvalue weighted by Crippen LogP contribution is -2.43. The molecule has 1 N–H and O–H groups in total. The van der Waals surface area contributed by atoms with Gasteiger partial charge in [0.25, 0.3) is 0 Å². The Morgan fingerprint density at radius 2 is 1.79 bits per heavy atom. The Balaban J connectivity index is 1.90. The number of hydrogen-bond acceptors (Lipinski definition) is 6. The first-order valence-electron chi connectivity index (χ1n) is 11.0. The minimum Gasteiger partial charge on any atom is -0.425 e. The molecule has 33 heavy (non-hydrogen) atoms. The maximum absolute atomic E-state index is 13.0. The monoisotopic (exact) mass is 471 g/mol. The van der Waals surface area contributed by atoms with E-state index in [0.29, 0.717) is 30.4 Å². The molecule has 0 spiro atoms. The summed E-state index contributed by atoms with van der Waals surface area (Å²) in [5.74, 6) is -0.490. The van der Waals surface area contributed by atoms with Crippen LogP contribution in [0, 0.1) is 13.8 Å². The highest BCUT2D eigenvalue weighted by Gasteiger charge is 2.27. The van der Waals surface area contributed by atoms with Crippen LogP contribution in [0.2, 0.25) is 0 Å². The fraction of sp³-hybridized carbons (Fsp3) is 0.360. The van der Waals surface area contributed by atoms with Gasteiger partial charge in [-0.3, -0.25) is 0 Å². The topological polar surface area (TPSA) is 103 Å². The van der Waals surface area contributed by atoms with E-state index in [4.69, 9.17) is 9.15 Å². The van der Waals surface area contributed by atoms with E-state index < -0.39 is 27.7 Å². The van der Waals surface area contributed by atoms with Crippen molar-refractivity contribution >= 4 is 27.0 Å². The molecule has 1 unspecified atom stereocenters. The number of unbranched alkanes of at least 4 members (excludes halogenated alkanes) is 1. The van der Waals surface area contributed by atoms with Gasteiger partial charge >= 0.3 is 11.6 Å². The Labute approximate surface area is 193 Å². The quantitative estimate of drug-likeness (QED) is 0.282. The van der Waals surface area contributed by atoms with E-state index >= 15 is 0 Å². The first-order valence-corrected chi connectivity index (χ1v) is 12.5. The Kier molecular flexibility index (Phi) is 7.71. The van der Waals surface area contributed by atoms with Crippen LogP contribution in [0.5, 0.6) is 5.75 Å². The van der Waals surface area contributed by atoms with Crippen molar-refractivity contribution < 1.29 is 22.4 Å². The first kappa shape index (κ1) is 24.7. The van der Waals surface area contributed by atoms with Crippen molar-refractivity contribution in [3.63, 3.8) is 0 Å². The van der Waals surface area contributed by atoms with E-state index in [9.17, 15) is 18.0 Å². The lowest BCUT2D eigenvalue weighted by Gasteiger charge is -2.18. The molecule has 3 rings (SSSR count). The Morgan fingerprint density at radius 3 is 2.42 bits per heavy atom. The molecular weight excluding hydrogens is 442 g/mol. The van der Waals surface area contributed by atoms with Crippen LogP contribution in [-0.2, 0) is 21.2 Å². The van der Waals surface area contributed by atoms with Crippen molar-refractivity contribution in [1.29, 1.82) is 0 Å². The molecule has 0 fully saturated rings. The minimum atomic E-state index is -3.91. The average Bonchev–Trinajstić information content (AvgIpc) is 2.78. The number of benzene rings is 2. The molecule has 0 aliphatic rings. The minimum absolute atomic E-state index is 0.0816. The largest absolute Gasteiger partial charge is 0.425 e. The normalized spacial score (nSPS) is 12.6. The molecule has 8 heteroatoms. The maximum atomic E-state index is 13.0. The lowest BCUT2D eigenvalue weighted by atomic mass is 10.0. The summed E-state index contributed by atoms with van der Waals surface area (Å²) in [6.07, 6.45) is 2.38. The molecule has 0 radical (unpaired) electrons. The number of carbonyl (C=O) groups is 1. The van der Waals surface area contributed by atoms with Gasteiger partial charge in [0, 0.05) is 17.0 Å². The molecule has 0 saturated heterocycles. The van der Waals surface area contributed by atoms with Gasteiger partial charge < -0.3 is 9.15 Å². The van der Waals surface area contributed by atoms with E-state index in [-0.39, 0.29) is 10.6 Å². The standard InChI is InChI=1S/C25H29NO6S/c1-5-7-8-21(26-33(29,30)19-11-9-16(3)10-12-19)25(28)31-22-14-13-20-18(6-2)15-23(27)32-24(20)17(22)4/h9-15,21,26H,5-8H2,1-4H3. The summed E-state index contributed by atoms with van der Waals surface area (Å²) in [7, 11) is -3.91. The highest BCUT2D eigenvalue weighted by atomic mass is 32.2. The molecule has 3 aromatic rings. The van der Waals surface area contributed by atoms with Crippen LogP contribution >= 0.6 is 0 Å². The van der Waals surface area contributed by atoms with E-state index in [1.165, 1.54) is 18.2 Å².